The molecule has 2 aromatic carbocycles. The number of rotatable bonds is 4. The third kappa shape index (κ3) is 4.79. The van der Waals surface area contributed by atoms with E-state index >= 15 is 0 Å². The van der Waals surface area contributed by atoms with Crippen molar-refractivity contribution in [3.05, 3.63) is 69.1 Å². The van der Waals surface area contributed by atoms with Crippen molar-refractivity contribution in [1.82, 2.24) is 5.32 Å². The summed E-state index contributed by atoms with van der Waals surface area (Å²) in [5, 5.41) is 15.2. The van der Waals surface area contributed by atoms with Crippen LogP contribution in [0.15, 0.2) is 45.6 Å². The molecule has 7 rings (SSSR count). The van der Waals surface area contributed by atoms with Gasteiger partial charge in [0.05, 0.1) is 6.17 Å². The fourth-order valence-corrected chi connectivity index (χ4v) is 7.95. The van der Waals surface area contributed by atoms with E-state index in [1.165, 1.54) is 6.07 Å². The molecule has 3 saturated heterocycles. The van der Waals surface area contributed by atoms with Gasteiger partial charge in [-0.2, -0.15) is 0 Å². The SMILES string of the molecule is Cc1cc(=O)c2c(O)c3c(cc2o1)O[C@@](C)(C1CCNCC1)[C@@H]1OC(=O)[C@@]2(CCCC[C@H]31)O[C@@H]2Cc1cccc(C(N)N)c1. The number of phenols is 1. The monoisotopic (exact) mass is 603 g/mol. The summed E-state index contributed by atoms with van der Waals surface area (Å²) in [5.41, 5.74) is 12.2. The molecule has 0 bridgehead atoms. The Kier molecular flexibility index (Phi) is 7.23. The summed E-state index contributed by atoms with van der Waals surface area (Å²) in [5.74, 6) is 0.105. The van der Waals surface area contributed by atoms with Gasteiger partial charge in [-0.05, 0) is 70.2 Å². The van der Waals surface area contributed by atoms with Crippen LogP contribution in [0.25, 0.3) is 11.0 Å². The van der Waals surface area contributed by atoms with E-state index in [9.17, 15) is 14.7 Å². The maximum absolute atomic E-state index is 14.2. The number of aromatic hydroxyl groups is 1. The van der Waals surface area contributed by atoms with E-state index in [-0.39, 0.29) is 40.1 Å². The highest BCUT2D eigenvalue weighted by molar-refractivity contribution is 5.88. The van der Waals surface area contributed by atoms with Gasteiger partial charge in [-0.3, -0.25) is 4.79 Å². The third-order valence-electron chi connectivity index (χ3n) is 10.4. The Morgan fingerprint density at radius 1 is 1.09 bits per heavy atom. The molecule has 44 heavy (non-hydrogen) atoms. The van der Waals surface area contributed by atoms with Crippen LogP contribution < -0.4 is 26.9 Å². The quantitative estimate of drug-likeness (QED) is 0.196. The number of carbonyl (C=O) groups excluding carboxylic acids is 1. The van der Waals surface area contributed by atoms with Crippen molar-refractivity contribution < 1.29 is 28.5 Å². The number of nitrogens with two attached hydrogens (primary N) is 2. The maximum atomic E-state index is 14.2. The molecule has 0 amide bonds. The number of fused-ring (bicyclic) bond motifs is 4. The first-order chi connectivity index (χ1) is 21.1. The lowest BCUT2D eigenvalue weighted by molar-refractivity contribution is -0.180. The summed E-state index contributed by atoms with van der Waals surface area (Å²) in [6.07, 6.45) is 3.37. The minimum absolute atomic E-state index is 0.0930. The molecule has 3 fully saturated rings. The van der Waals surface area contributed by atoms with Gasteiger partial charge in [0, 0.05) is 36.0 Å². The van der Waals surface area contributed by atoms with Crippen LogP contribution in [0.2, 0.25) is 0 Å². The Hall–Kier alpha value is -3.44. The van der Waals surface area contributed by atoms with Gasteiger partial charge in [-0.15, -0.1) is 0 Å². The minimum Gasteiger partial charge on any atom is -0.507 e. The molecule has 6 N–H and O–H groups in total. The highest BCUT2D eigenvalue weighted by Crippen LogP contribution is 2.55. The maximum Gasteiger partial charge on any atom is 0.341 e. The van der Waals surface area contributed by atoms with E-state index in [0.717, 1.165) is 49.9 Å². The second-order valence-electron chi connectivity index (χ2n) is 13.2. The third-order valence-corrected chi connectivity index (χ3v) is 10.4. The number of ether oxygens (including phenoxy) is 3. The van der Waals surface area contributed by atoms with E-state index < -0.39 is 29.4 Å². The average molecular weight is 604 g/mol. The molecule has 0 unspecified atom stereocenters. The molecule has 0 aliphatic carbocycles. The molecule has 10 nitrogen and oxygen atoms in total. The summed E-state index contributed by atoms with van der Waals surface area (Å²) < 4.78 is 25.5. The Bertz CT molecular complexity index is 1660. The van der Waals surface area contributed by atoms with Gasteiger partial charge in [-0.1, -0.05) is 30.7 Å². The normalized spacial score (nSPS) is 30.6. The zero-order chi connectivity index (χ0) is 30.8. The van der Waals surface area contributed by atoms with Crippen LogP contribution in [-0.4, -0.2) is 47.6 Å². The first-order valence-electron chi connectivity index (χ1n) is 15.8. The number of benzene rings is 2. The molecule has 5 atom stereocenters. The molecule has 0 radical (unpaired) electrons. The van der Waals surface area contributed by atoms with E-state index in [1.807, 2.05) is 31.2 Å². The van der Waals surface area contributed by atoms with Gasteiger partial charge in [0.1, 0.15) is 46.0 Å². The molecule has 1 aromatic heterocycles. The average Bonchev–Trinajstić information content (AvgIpc) is 3.68. The fourth-order valence-electron chi connectivity index (χ4n) is 7.95. The Morgan fingerprint density at radius 2 is 1.89 bits per heavy atom. The highest BCUT2D eigenvalue weighted by Gasteiger charge is 2.65. The van der Waals surface area contributed by atoms with Crippen molar-refractivity contribution in [2.45, 2.75) is 94.3 Å². The van der Waals surface area contributed by atoms with Gasteiger partial charge in [-0.25, -0.2) is 4.79 Å². The number of epoxide rings is 1. The lowest BCUT2D eigenvalue weighted by Gasteiger charge is -2.50. The molecule has 234 valence electrons. The molecular weight excluding hydrogens is 562 g/mol. The summed E-state index contributed by atoms with van der Waals surface area (Å²) >= 11 is 0. The number of esters is 1. The minimum atomic E-state index is -1.05. The van der Waals surface area contributed by atoms with Crippen LogP contribution in [0.4, 0.5) is 0 Å². The molecule has 4 aliphatic heterocycles. The predicted octanol–water partition coefficient (Wildman–Crippen LogP) is 3.82. The van der Waals surface area contributed by atoms with E-state index in [1.54, 1.807) is 13.0 Å². The lowest BCUT2D eigenvalue weighted by Crippen LogP contribution is -2.59. The van der Waals surface area contributed by atoms with Crippen molar-refractivity contribution in [3.8, 4) is 11.5 Å². The van der Waals surface area contributed by atoms with Crippen LogP contribution in [0, 0.1) is 12.8 Å². The summed E-state index contributed by atoms with van der Waals surface area (Å²) in [6.45, 7) is 5.40. The zero-order valence-corrected chi connectivity index (χ0v) is 25.3. The molecule has 4 aliphatic rings. The predicted molar refractivity (Wildman–Crippen MR) is 163 cm³/mol. The van der Waals surface area contributed by atoms with E-state index in [4.69, 9.17) is 30.1 Å². The topological polar surface area (TPSA) is 163 Å². The Balaban J connectivity index is 1.27. The summed E-state index contributed by atoms with van der Waals surface area (Å²) in [7, 11) is 0. The molecule has 0 saturated carbocycles. The smallest absolute Gasteiger partial charge is 0.341 e. The second kappa shape index (κ2) is 10.9. The van der Waals surface area contributed by atoms with Crippen molar-refractivity contribution in [2.24, 2.45) is 17.4 Å². The Labute approximate surface area is 256 Å². The molecule has 5 heterocycles. The van der Waals surface area contributed by atoms with Crippen molar-refractivity contribution in [2.75, 3.05) is 13.1 Å². The standard InChI is InChI=1S/C34H41N3O7/c1-18-14-23(38)28-24(41-18)17-25-27(29(28)39)22-8-3-4-11-34(26(44-34)16-19-6-5-7-20(15-19)31(35)36)32(40)42-30(22)33(2,43-25)21-9-12-37-13-10-21/h5-7,14-15,17,21-22,26,30-31,37,39H,3-4,8-13,16,35-36H2,1-2H3/t22-,26-,30-,33+,34+/m1/s1. The first-order valence-corrected chi connectivity index (χ1v) is 15.8. The number of hydrogen-bond donors (Lipinski definition) is 4. The van der Waals surface area contributed by atoms with Crippen LogP contribution in [0.5, 0.6) is 11.5 Å². The van der Waals surface area contributed by atoms with Gasteiger partial charge >= 0.3 is 5.97 Å². The van der Waals surface area contributed by atoms with E-state index in [0.29, 0.717) is 36.3 Å². The largest absolute Gasteiger partial charge is 0.507 e. The van der Waals surface area contributed by atoms with Crippen molar-refractivity contribution in [3.63, 3.8) is 0 Å². The zero-order valence-electron chi connectivity index (χ0n) is 25.3. The number of hydrogen-bond acceptors (Lipinski definition) is 10. The highest BCUT2D eigenvalue weighted by atomic mass is 16.7. The number of phenolic OH excluding ortho intramolecular Hbond substituents is 1. The number of nitrogens with one attached hydrogen (secondary N) is 1. The second-order valence-corrected chi connectivity index (χ2v) is 13.2. The number of aryl methyl sites for hydroxylation is 1. The van der Waals surface area contributed by atoms with Crippen LogP contribution in [0.3, 0.4) is 0 Å². The van der Waals surface area contributed by atoms with Gasteiger partial charge in [0.15, 0.2) is 11.0 Å². The molecule has 10 heteroatoms. The van der Waals surface area contributed by atoms with Crippen LogP contribution in [-0.2, 0) is 20.7 Å². The van der Waals surface area contributed by atoms with Crippen LogP contribution in [0.1, 0.15) is 80.0 Å². The van der Waals surface area contributed by atoms with Crippen molar-refractivity contribution in [1.29, 1.82) is 0 Å². The lowest BCUT2D eigenvalue weighted by atomic mass is 9.69. The van der Waals surface area contributed by atoms with Gasteiger partial charge in [0.25, 0.3) is 0 Å². The molecule has 3 aromatic rings. The molecule has 1 spiro atoms. The van der Waals surface area contributed by atoms with Crippen molar-refractivity contribution >= 4 is 16.9 Å². The fraction of sp³-hybridized carbons (Fsp3) is 0.529. The summed E-state index contributed by atoms with van der Waals surface area (Å²) in [4.78, 5) is 27.2. The first kappa shape index (κ1) is 29.3. The molecular formula is C34H41N3O7. The Morgan fingerprint density at radius 3 is 2.66 bits per heavy atom. The number of carbonyl (C=O) groups is 1. The van der Waals surface area contributed by atoms with E-state index in [2.05, 4.69) is 5.32 Å². The van der Waals surface area contributed by atoms with Crippen LogP contribution >= 0.6 is 0 Å². The number of piperidine rings is 1. The van der Waals surface area contributed by atoms with Gasteiger partial charge in [0.2, 0.25) is 0 Å². The van der Waals surface area contributed by atoms with Gasteiger partial charge < -0.3 is 40.5 Å². The summed E-state index contributed by atoms with van der Waals surface area (Å²) in [6, 6.07) is 10.9.